The quantitative estimate of drug-likeness (QED) is 0.605. The van der Waals surface area contributed by atoms with Crippen molar-refractivity contribution in [1.82, 2.24) is 9.97 Å². The predicted molar refractivity (Wildman–Crippen MR) is 107 cm³/mol. The first-order valence-electron chi connectivity index (χ1n) is 8.40. The zero-order valence-corrected chi connectivity index (χ0v) is 16.1. The van der Waals surface area contributed by atoms with Gasteiger partial charge in [-0.2, -0.15) is 4.98 Å². The average Bonchev–Trinajstić information content (AvgIpc) is 2.63. The Morgan fingerprint density at radius 1 is 1.07 bits per heavy atom. The Morgan fingerprint density at radius 2 is 1.81 bits per heavy atom. The van der Waals surface area contributed by atoms with Crippen molar-refractivity contribution in [2.24, 2.45) is 0 Å². The van der Waals surface area contributed by atoms with Crippen molar-refractivity contribution in [2.45, 2.75) is 20.4 Å². The first-order chi connectivity index (χ1) is 12.9. The SMILES string of the molecule is COc1cc(Cl)c(C)cc1Nc1cc(C)nc(NCc2ccc(F)cc2)n1. The fraction of sp³-hybridized carbons (Fsp3) is 0.200. The Hall–Kier alpha value is -2.86. The summed E-state index contributed by atoms with van der Waals surface area (Å²) in [5.41, 5.74) is 3.44. The number of rotatable bonds is 6. The third kappa shape index (κ3) is 4.86. The summed E-state index contributed by atoms with van der Waals surface area (Å²) in [5.74, 6) is 1.47. The van der Waals surface area contributed by atoms with Crippen molar-refractivity contribution in [3.05, 3.63) is 70.1 Å². The van der Waals surface area contributed by atoms with E-state index in [1.54, 1.807) is 25.3 Å². The highest BCUT2D eigenvalue weighted by atomic mass is 35.5. The van der Waals surface area contributed by atoms with E-state index in [-0.39, 0.29) is 5.82 Å². The molecule has 0 atom stereocenters. The van der Waals surface area contributed by atoms with E-state index in [1.807, 2.05) is 26.0 Å². The molecule has 0 bridgehead atoms. The number of hydrogen-bond donors (Lipinski definition) is 2. The summed E-state index contributed by atoms with van der Waals surface area (Å²) in [5, 5.41) is 7.05. The molecule has 0 radical (unpaired) electrons. The summed E-state index contributed by atoms with van der Waals surface area (Å²) >= 11 is 6.16. The van der Waals surface area contributed by atoms with Crippen LogP contribution >= 0.6 is 11.6 Å². The van der Waals surface area contributed by atoms with Gasteiger partial charge in [0.2, 0.25) is 5.95 Å². The molecule has 0 aliphatic carbocycles. The molecular formula is C20H20ClFN4O. The fourth-order valence-electron chi connectivity index (χ4n) is 2.56. The van der Waals surface area contributed by atoms with Gasteiger partial charge in [0.05, 0.1) is 12.8 Å². The zero-order valence-electron chi connectivity index (χ0n) is 15.3. The molecular weight excluding hydrogens is 367 g/mol. The van der Waals surface area contributed by atoms with Crippen LogP contribution in [0.2, 0.25) is 5.02 Å². The molecule has 2 aromatic carbocycles. The van der Waals surface area contributed by atoms with Gasteiger partial charge in [-0.1, -0.05) is 23.7 Å². The Bertz CT molecular complexity index is 947. The van der Waals surface area contributed by atoms with Gasteiger partial charge in [-0.05, 0) is 43.2 Å². The van der Waals surface area contributed by atoms with Gasteiger partial charge in [-0.15, -0.1) is 0 Å². The van der Waals surface area contributed by atoms with Gasteiger partial charge < -0.3 is 15.4 Å². The molecule has 0 spiro atoms. The van der Waals surface area contributed by atoms with Crippen molar-refractivity contribution in [2.75, 3.05) is 17.7 Å². The Kier molecular flexibility index (Phi) is 5.76. The van der Waals surface area contributed by atoms with Crippen LogP contribution < -0.4 is 15.4 Å². The molecule has 5 nitrogen and oxygen atoms in total. The van der Waals surface area contributed by atoms with Crippen LogP contribution in [0.1, 0.15) is 16.8 Å². The standard InChI is InChI=1S/C20H20ClFN4O/c1-12-8-17(18(27-3)10-16(12)21)25-19-9-13(2)24-20(26-19)23-11-14-4-6-15(22)7-5-14/h4-10H,11H2,1-3H3,(H2,23,24,25,26). The van der Waals surface area contributed by atoms with Crippen LogP contribution in [0.15, 0.2) is 42.5 Å². The smallest absolute Gasteiger partial charge is 0.225 e. The number of ether oxygens (including phenoxy) is 1. The fourth-order valence-corrected chi connectivity index (χ4v) is 2.72. The largest absolute Gasteiger partial charge is 0.495 e. The van der Waals surface area contributed by atoms with Crippen molar-refractivity contribution in [3.63, 3.8) is 0 Å². The molecule has 0 fully saturated rings. The number of aromatic nitrogens is 2. The first-order valence-corrected chi connectivity index (χ1v) is 8.77. The molecule has 3 rings (SSSR count). The normalized spacial score (nSPS) is 10.6. The maximum atomic E-state index is 13.0. The summed E-state index contributed by atoms with van der Waals surface area (Å²) in [4.78, 5) is 8.89. The number of benzene rings is 2. The lowest BCUT2D eigenvalue weighted by Gasteiger charge is -2.14. The molecule has 27 heavy (non-hydrogen) atoms. The highest BCUT2D eigenvalue weighted by Gasteiger charge is 2.09. The number of halogens is 2. The molecule has 2 N–H and O–H groups in total. The third-order valence-corrected chi connectivity index (χ3v) is 4.37. The second-order valence-electron chi connectivity index (χ2n) is 6.12. The number of nitrogens with zero attached hydrogens (tertiary/aromatic N) is 2. The van der Waals surface area contributed by atoms with Gasteiger partial charge in [0.25, 0.3) is 0 Å². The van der Waals surface area contributed by atoms with Crippen LogP contribution in [-0.4, -0.2) is 17.1 Å². The van der Waals surface area contributed by atoms with E-state index < -0.39 is 0 Å². The van der Waals surface area contributed by atoms with Crippen molar-refractivity contribution < 1.29 is 9.13 Å². The summed E-state index contributed by atoms with van der Waals surface area (Å²) < 4.78 is 18.4. The monoisotopic (exact) mass is 386 g/mol. The molecule has 0 aliphatic rings. The van der Waals surface area contributed by atoms with Crippen LogP contribution in [0.25, 0.3) is 0 Å². The Labute approximate surface area is 162 Å². The molecule has 3 aromatic rings. The number of hydrogen-bond acceptors (Lipinski definition) is 5. The number of anilines is 3. The van der Waals surface area contributed by atoms with E-state index in [0.29, 0.717) is 29.1 Å². The summed E-state index contributed by atoms with van der Waals surface area (Å²) in [6.07, 6.45) is 0. The molecule has 140 valence electrons. The second kappa shape index (κ2) is 8.22. The maximum Gasteiger partial charge on any atom is 0.225 e. The van der Waals surface area contributed by atoms with E-state index >= 15 is 0 Å². The van der Waals surface area contributed by atoms with Crippen LogP contribution in [0.5, 0.6) is 5.75 Å². The van der Waals surface area contributed by atoms with Gasteiger partial charge in [0.15, 0.2) is 0 Å². The highest BCUT2D eigenvalue weighted by molar-refractivity contribution is 6.31. The summed E-state index contributed by atoms with van der Waals surface area (Å²) in [7, 11) is 1.59. The Balaban J connectivity index is 1.79. The van der Waals surface area contributed by atoms with E-state index in [4.69, 9.17) is 16.3 Å². The zero-order chi connectivity index (χ0) is 19.4. The van der Waals surface area contributed by atoms with Crippen LogP contribution in [-0.2, 0) is 6.54 Å². The van der Waals surface area contributed by atoms with Crippen molar-refractivity contribution >= 4 is 29.1 Å². The minimum absolute atomic E-state index is 0.260. The molecule has 0 unspecified atom stereocenters. The molecule has 1 aromatic heterocycles. The molecule has 0 saturated heterocycles. The molecule has 7 heteroatoms. The van der Waals surface area contributed by atoms with Gasteiger partial charge in [0.1, 0.15) is 17.4 Å². The highest BCUT2D eigenvalue weighted by Crippen LogP contribution is 2.32. The van der Waals surface area contributed by atoms with Gasteiger partial charge in [-0.25, -0.2) is 9.37 Å². The van der Waals surface area contributed by atoms with E-state index in [0.717, 1.165) is 22.5 Å². The summed E-state index contributed by atoms with van der Waals surface area (Å²) in [6, 6.07) is 11.8. The second-order valence-corrected chi connectivity index (χ2v) is 6.53. The lowest BCUT2D eigenvalue weighted by Crippen LogP contribution is -2.06. The molecule has 1 heterocycles. The van der Waals surface area contributed by atoms with Gasteiger partial charge in [-0.3, -0.25) is 0 Å². The molecule has 0 amide bonds. The van der Waals surface area contributed by atoms with Gasteiger partial charge >= 0.3 is 0 Å². The van der Waals surface area contributed by atoms with E-state index in [2.05, 4.69) is 20.6 Å². The topological polar surface area (TPSA) is 59.1 Å². The van der Waals surface area contributed by atoms with E-state index in [9.17, 15) is 4.39 Å². The minimum Gasteiger partial charge on any atom is -0.495 e. The van der Waals surface area contributed by atoms with Crippen LogP contribution in [0, 0.1) is 19.7 Å². The maximum absolute atomic E-state index is 13.0. The van der Waals surface area contributed by atoms with Crippen molar-refractivity contribution in [3.8, 4) is 5.75 Å². The van der Waals surface area contributed by atoms with Crippen LogP contribution in [0.4, 0.5) is 21.8 Å². The number of nitrogens with one attached hydrogen (secondary N) is 2. The van der Waals surface area contributed by atoms with Crippen LogP contribution in [0.3, 0.4) is 0 Å². The third-order valence-electron chi connectivity index (χ3n) is 3.96. The minimum atomic E-state index is -0.260. The van der Waals surface area contributed by atoms with Crippen molar-refractivity contribution in [1.29, 1.82) is 0 Å². The first kappa shape index (κ1) is 18.9. The predicted octanol–water partition coefficient (Wildman–Crippen LogP) is 5.25. The Morgan fingerprint density at radius 3 is 2.52 bits per heavy atom. The average molecular weight is 387 g/mol. The number of methoxy groups -OCH3 is 1. The molecule has 0 saturated carbocycles. The van der Waals surface area contributed by atoms with E-state index in [1.165, 1.54) is 12.1 Å². The summed E-state index contributed by atoms with van der Waals surface area (Å²) in [6.45, 7) is 4.31. The molecule has 0 aliphatic heterocycles. The van der Waals surface area contributed by atoms with Gasteiger partial charge in [0, 0.05) is 29.4 Å². The lowest BCUT2D eigenvalue weighted by atomic mass is 10.2. The number of aryl methyl sites for hydroxylation is 2. The lowest BCUT2D eigenvalue weighted by molar-refractivity contribution is 0.416.